The quantitative estimate of drug-likeness (QED) is 0.495. The number of benzene rings is 2. The summed E-state index contributed by atoms with van der Waals surface area (Å²) in [5, 5.41) is 7.38. The summed E-state index contributed by atoms with van der Waals surface area (Å²) >= 11 is 1.26. The number of thiophene rings is 1. The van der Waals surface area contributed by atoms with E-state index in [0.717, 1.165) is 36.1 Å². The van der Waals surface area contributed by atoms with Gasteiger partial charge in [0.05, 0.1) is 5.69 Å². The number of anilines is 1. The van der Waals surface area contributed by atoms with Gasteiger partial charge in [0.2, 0.25) is 5.91 Å². The SMILES string of the molecule is O=C(NC1CCCC1)C(=O)N(c1ccccc1F)[C@@H](C(=O)NCc1ccccc1)c1cccs1. The van der Waals surface area contributed by atoms with Crippen LogP contribution in [0.3, 0.4) is 0 Å². The molecule has 34 heavy (non-hydrogen) atoms. The van der Waals surface area contributed by atoms with Crippen LogP contribution in [0.4, 0.5) is 10.1 Å². The molecule has 0 unspecified atom stereocenters. The summed E-state index contributed by atoms with van der Waals surface area (Å²) in [6.07, 6.45) is 3.56. The standard InChI is InChI=1S/C26H26FN3O3S/c27-20-13-6-7-14-21(20)30(26(33)25(32)29-19-11-4-5-12-19)23(22-15-8-16-34-22)24(31)28-17-18-9-2-1-3-10-18/h1-3,6-10,13-16,19,23H,4-5,11-12,17H2,(H,28,31)(H,29,32)/t23-/m1/s1. The van der Waals surface area contributed by atoms with Crippen molar-refractivity contribution in [1.29, 1.82) is 0 Å². The number of rotatable bonds is 7. The summed E-state index contributed by atoms with van der Waals surface area (Å²) < 4.78 is 14.9. The number of nitrogens with zero attached hydrogens (tertiary/aromatic N) is 1. The molecule has 3 aromatic rings. The number of hydrogen-bond acceptors (Lipinski definition) is 4. The molecule has 176 valence electrons. The molecule has 1 saturated carbocycles. The number of amides is 3. The van der Waals surface area contributed by atoms with Crippen LogP contribution in [0.2, 0.25) is 0 Å². The monoisotopic (exact) mass is 479 g/mol. The van der Waals surface area contributed by atoms with Crippen LogP contribution < -0.4 is 15.5 Å². The van der Waals surface area contributed by atoms with Crippen molar-refractivity contribution in [3.05, 3.63) is 88.4 Å². The third-order valence-electron chi connectivity index (χ3n) is 5.84. The van der Waals surface area contributed by atoms with Gasteiger partial charge < -0.3 is 10.6 Å². The van der Waals surface area contributed by atoms with E-state index in [0.29, 0.717) is 4.88 Å². The van der Waals surface area contributed by atoms with E-state index in [1.165, 1.54) is 29.5 Å². The first-order chi connectivity index (χ1) is 16.5. The van der Waals surface area contributed by atoms with E-state index in [1.807, 2.05) is 30.3 Å². The van der Waals surface area contributed by atoms with Crippen molar-refractivity contribution in [3.63, 3.8) is 0 Å². The van der Waals surface area contributed by atoms with Crippen molar-refractivity contribution >= 4 is 34.7 Å². The van der Waals surface area contributed by atoms with Crippen LogP contribution in [0, 0.1) is 5.82 Å². The lowest BCUT2D eigenvalue weighted by molar-refractivity contribution is -0.139. The summed E-state index contributed by atoms with van der Waals surface area (Å²) in [7, 11) is 0. The Balaban J connectivity index is 1.67. The van der Waals surface area contributed by atoms with Crippen molar-refractivity contribution in [2.75, 3.05) is 4.90 Å². The van der Waals surface area contributed by atoms with E-state index in [1.54, 1.807) is 23.6 Å². The van der Waals surface area contributed by atoms with Gasteiger partial charge in [0.1, 0.15) is 5.82 Å². The second-order valence-corrected chi connectivity index (χ2v) is 9.18. The number of carbonyl (C=O) groups excluding carboxylic acids is 3. The number of hydrogen-bond donors (Lipinski definition) is 2. The van der Waals surface area contributed by atoms with Gasteiger partial charge in [-0.3, -0.25) is 19.3 Å². The Hall–Kier alpha value is -3.52. The van der Waals surface area contributed by atoms with Crippen molar-refractivity contribution in [2.24, 2.45) is 0 Å². The summed E-state index contributed by atoms with van der Waals surface area (Å²) in [6, 6.07) is 17.2. The summed E-state index contributed by atoms with van der Waals surface area (Å²) in [5.74, 6) is -3.00. The molecule has 1 aliphatic carbocycles. The van der Waals surface area contributed by atoms with Gasteiger partial charge in [-0.15, -0.1) is 11.3 Å². The predicted octanol–water partition coefficient (Wildman–Crippen LogP) is 4.34. The Bertz CT molecular complexity index is 1130. The van der Waals surface area contributed by atoms with Gasteiger partial charge in [-0.25, -0.2) is 4.39 Å². The van der Waals surface area contributed by atoms with Crippen molar-refractivity contribution in [1.82, 2.24) is 10.6 Å². The van der Waals surface area contributed by atoms with Crippen LogP contribution >= 0.6 is 11.3 Å². The molecule has 2 N–H and O–H groups in total. The summed E-state index contributed by atoms with van der Waals surface area (Å²) in [4.78, 5) is 41.4. The Morgan fingerprint density at radius 2 is 1.68 bits per heavy atom. The highest BCUT2D eigenvalue weighted by atomic mass is 32.1. The fourth-order valence-corrected chi connectivity index (χ4v) is 4.95. The third-order valence-corrected chi connectivity index (χ3v) is 6.77. The van der Waals surface area contributed by atoms with Crippen LogP contribution in [-0.2, 0) is 20.9 Å². The first-order valence-corrected chi connectivity index (χ1v) is 12.2. The lowest BCUT2D eigenvalue weighted by atomic mass is 10.1. The van der Waals surface area contributed by atoms with Gasteiger partial charge in [-0.05, 0) is 42.0 Å². The smallest absolute Gasteiger partial charge is 0.317 e. The van der Waals surface area contributed by atoms with Crippen LogP contribution in [0.5, 0.6) is 0 Å². The second-order valence-electron chi connectivity index (χ2n) is 8.20. The molecule has 4 rings (SSSR count). The molecule has 1 aromatic heterocycles. The maximum Gasteiger partial charge on any atom is 0.317 e. The molecule has 8 heteroatoms. The zero-order valence-electron chi connectivity index (χ0n) is 18.6. The van der Waals surface area contributed by atoms with Gasteiger partial charge in [0, 0.05) is 17.5 Å². The van der Waals surface area contributed by atoms with E-state index >= 15 is 0 Å². The Morgan fingerprint density at radius 3 is 2.35 bits per heavy atom. The molecule has 1 aliphatic rings. The zero-order chi connectivity index (χ0) is 23.9. The molecule has 6 nitrogen and oxygen atoms in total. The fraction of sp³-hybridized carbons (Fsp3) is 0.269. The molecule has 2 aromatic carbocycles. The van der Waals surface area contributed by atoms with Crippen LogP contribution in [0.25, 0.3) is 0 Å². The van der Waals surface area contributed by atoms with Crippen LogP contribution in [-0.4, -0.2) is 23.8 Å². The highest BCUT2D eigenvalue weighted by molar-refractivity contribution is 7.10. The third kappa shape index (κ3) is 5.51. The van der Waals surface area contributed by atoms with E-state index in [-0.39, 0.29) is 18.3 Å². The minimum atomic E-state index is -1.21. The maximum absolute atomic E-state index is 14.9. The van der Waals surface area contributed by atoms with Gasteiger partial charge >= 0.3 is 11.8 Å². The Labute approximate surface area is 201 Å². The maximum atomic E-state index is 14.9. The highest BCUT2D eigenvalue weighted by Crippen LogP contribution is 2.32. The molecule has 1 heterocycles. The summed E-state index contributed by atoms with van der Waals surface area (Å²) in [5.41, 5.74) is 0.755. The Kier molecular flexibility index (Phi) is 7.69. The normalized spacial score (nSPS) is 14.4. The number of halogens is 1. The first kappa shape index (κ1) is 23.6. The van der Waals surface area contributed by atoms with Gasteiger partial charge in [0.25, 0.3) is 0 Å². The lowest BCUT2D eigenvalue weighted by Crippen LogP contribution is -2.51. The summed E-state index contributed by atoms with van der Waals surface area (Å²) in [6.45, 7) is 0.231. The number of carbonyl (C=O) groups is 3. The molecule has 0 bridgehead atoms. The van der Waals surface area contributed by atoms with Crippen molar-refractivity contribution in [2.45, 2.75) is 44.3 Å². The predicted molar refractivity (Wildman–Crippen MR) is 130 cm³/mol. The molecule has 3 amide bonds. The van der Waals surface area contributed by atoms with Crippen molar-refractivity contribution in [3.8, 4) is 0 Å². The average molecular weight is 480 g/mol. The van der Waals surface area contributed by atoms with Crippen LogP contribution in [0.1, 0.15) is 42.2 Å². The molecule has 0 saturated heterocycles. The van der Waals surface area contributed by atoms with Crippen LogP contribution in [0.15, 0.2) is 72.1 Å². The minimum Gasteiger partial charge on any atom is -0.350 e. The molecule has 0 aliphatic heterocycles. The van der Waals surface area contributed by atoms with Crippen molar-refractivity contribution < 1.29 is 18.8 Å². The molecule has 0 radical (unpaired) electrons. The van der Waals surface area contributed by atoms with Gasteiger partial charge in [-0.1, -0.05) is 61.4 Å². The largest absolute Gasteiger partial charge is 0.350 e. The highest BCUT2D eigenvalue weighted by Gasteiger charge is 2.38. The molecular formula is C26H26FN3O3S. The van der Waals surface area contributed by atoms with E-state index < -0.39 is 29.6 Å². The molecular weight excluding hydrogens is 453 g/mol. The fourth-order valence-electron chi connectivity index (χ4n) is 4.14. The lowest BCUT2D eigenvalue weighted by Gasteiger charge is -2.30. The topological polar surface area (TPSA) is 78.5 Å². The Morgan fingerprint density at radius 1 is 0.971 bits per heavy atom. The number of para-hydroxylation sites is 1. The first-order valence-electron chi connectivity index (χ1n) is 11.3. The van der Waals surface area contributed by atoms with Gasteiger partial charge in [-0.2, -0.15) is 0 Å². The molecule has 0 spiro atoms. The van der Waals surface area contributed by atoms with Gasteiger partial charge in [0.15, 0.2) is 6.04 Å². The zero-order valence-corrected chi connectivity index (χ0v) is 19.4. The second kappa shape index (κ2) is 11.1. The van der Waals surface area contributed by atoms with E-state index in [2.05, 4.69) is 10.6 Å². The molecule has 1 fully saturated rings. The average Bonchev–Trinajstić information content (AvgIpc) is 3.56. The minimum absolute atomic E-state index is 0.0917. The molecule has 1 atom stereocenters. The van der Waals surface area contributed by atoms with E-state index in [9.17, 15) is 18.8 Å². The number of nitrogens with one attached hydrogen (secondary N) is 2. The van der Waals surface area contributed by atoms with E-state index in [4.69, 9.17) is 0 Å².